The Balaban J connectivity index is 3.08. The minimum atomic E-state index is -3.58. The summed E-state index contributed by atoms with van der Waals surface area (Å²) in [4.78, 5) is 0.211. The van der Waals surface area contributed by atoms with Crippen LogP contribution in [-0.4, -0.2) is 38.0 Å². The largest absolute Gasteiger partial charge is 0.424 e. The van der Waals surface area contributed by atoms with Gasteiger partial charge < -0.3 is 4.52 Å². The number of hydrogen-bond donors (Lipinski definition) is 0. The zero-order chi connectivity index (χ0) is 19.3. The molecule has 0 aliphatic rings. The van der Waals surface area contributed by atoms with Crippen molar-refractivity contribution in [3.05, 3.63) is 24.3 Å². The van der Waals surface area contributed by atoms with E-state index in [9.17, 15) is 8.42 Å². The van der Waals surface area contributed by atoms with E-state index in [2.05, 4.69) is 0 Å². The van der Waals surface area contributed by atoms with Crippen LogP contribution in [0.4, 0.5) is 0 Å². The van der Waals surface area contributed by atoms with Crippen LogP contribution >= 0.6 is 6.72 Å². The van der Waals surface area contributed by atoms with Gasteiger partial charge in [-0.05, 0) is 65.8 Å². The van der Waals surface area contributed by atoms with E-state index in [-0.39, 0.29) is 17.0 Å². The van der Waals surface area contributed by atoms with Gasteiger partial charge in [-0.3, -0.25) is 9.05 Å². The highest BCUT2D eigenvalue weighted by Crippen LogP contribution is 2.49. The van der Waals surface area contributed by atoms with Gasteiger partial charge in [0.2, 0.25) is 10.0 Å². The lowest BCUT2D eigenvalue weighted by Gasteiger charge is -2.29. The molecular formula is C16H28NO5PS2. The van der Waals surface area contributed by atoms with Gasteiger partial charge in [0, 0.05) is 23.9 Å². The summed E-state index contributed by atoms with van der Waals surface area (Å²) >= 11 is 5.32. The maximum absolute atomic E-state index is 12.8. The molecule has 0 saturated heterocycles. The second-order valence-electron chi connectivity index (χ2n) is 5.87. The fourth-order valence-electron chi connectivity index (χ4n) is 2.48. The van der Waals surface area contributed by atoms with Crippen LogP contribution in [0.1, 0.15) is 41.5 Å². The molecule has 6 nitrogen and oxygen atoms in total. The van der Waals surface area contributed by atoms with Crippen LogP contribution in [0, 0.1) is 0 Å². The van der Waals surface area contributed by atoms with E-state index < -0.39 is 16.7 Å². The van der Waals surface area contributed by atoms with Gasteiger partial charge in [-0.2, -0.15) is 4.31 Å². The van der Waals surface area contributed by atoms with Crippen LogP contribution in [0.2, 0.25) is 0 Å². The number of hydrogen-bond acceptors (Lipinski definition) is 6. The Bertz CT molecular complexity index is 671. The van der Waals surface area contributed by atoms with Gasteiger partial charge >= 0.3 is 6.72 Å². The standard InChI is InChI=1S/C16H28NO5PS2/c1-7-20-23(24,21-8-2)22-15-9-11-16(12-10-15)25(18,19)17(13(3)4)14(5)6/h9-14H,7-8H2,1-6H3. The molecule has 0 unspecified atom stereocenters. The Kier molecular flexibility index (Phi) is 8.51. The predicted octanol–water partition coefficient (Wildman–Crippen LogP) is 4.17. The van der Waals surface area contributed by atoms with E-state index in [0.29, 0.717) is 19.0 Å². The quantitative estimate of drug-likeness (QED) is 0.541. The first-order chi connectivity index (χ1) is 11.6. The van der Waals surface area contributed by atoms with Crippen molar-refractivity contribution in [3.8, 4) is 5.75 Å². The summed E-state index contributed by atoms with van der Waals surface area (Å²) in [5, 5.41) is 0. The third kappa shape index (κ3) is 6.01. The molecule has 1 aromatic carbocycles. The van der Waals surface area contributed by atoms with E-state index in [1.165, 1.54) is 16.4 Å². The zero-order valence-electron chi connectivity index (χ0n) is 15.6. The molecule has 9 heteroatoms. The average Bonchev–Trinajstić information content (AvgIpc) is 2.46. The molecule has 0 N–H and O–H groups in total. The molecule has 0 atom stereocenters. The monoisotopic (exact) mass is 409 g/mol. The van der Waals surface area contributed by atoms with Gasteiger partial charge in [-0.25, -0.2) is 8.42 Å². The third-order valence-electron chi connectivity index (χ3n) is 3.21. The topological polar surface area (TPSA) is 65.1 Å². The van der Waals surface area contributed by atoms with Crippen LogP contribution in [-0.2, 0) is 30.9 Å². The molecule has 0 aliphatic heterocycles. The van der Waals surface area contributed by atoms with E-state index in [1.54, 1.807) is 12.1 Å². The zero-order valence-corrected chi connectivity index (χ0v) is 18.2. The van der Waals surface area contributed by atoms with Crippen molar-refractivity contribution in [3.63, 3.8) is 0 Å². The van der Waals surface area contributed by atoms with Crippen LogP contribution in [0.15, 0.2) is 29.2 Å². The maximum Gasteiger partial charge on any atom is 0.380 e. The summed E-state index contributed by atoms with van der Waals surface area (Å²) in [5.41, 5.74) is 0. The first-order valence-electron chi connectivity index (χ1n) is 8.29. The van der Waals surface area contributed by atoms with E-state index in [4.69, 9.17) is 25.4 Å². The Morgan fingerprint density at radius 3 is 1.80 bits per heavy atom. The van der Waals surface area contributed by atoms with E-state index in [1.807, 2.05) is 41.5 Å². The summed E-state index contributed by atoms with van der Waals surface area (Å²) in [7, 11) is -3.58. The minimum Gasteiger partial charge on any atom is -0.424 e. The Morgan fingerprint density at radius 2 is 1.44 bits per heavy atom. The van der Waals surface area contributed by atoms with Gasteiger partial charge in [0.25, 0.3) is 0 Å². The Labute approximate surface area is 156 Å². The summed E-state index contributed by atoms with van der Waals surface area (Å²) < 4.78 is 43.7. The van der Waals surface area contributed by atoms with E-state index in [0.717, 1.165) is 0 Å². The second-order valence-corrected chi connectivity index (χ2v) is 10.6. The van der Waals surface area contributed by atoms with Crippen molar-refractivity contribution in [2.24, 2.45) is 0 Å². The molecule has 1 rings (SSSR count). The summed E-state index contributed by atoms with van der Waals surface area (Å²) in [6.45, 7) is 8.93. The van der Waals surface area contributed by atoms with Crippen molar-refractivity contribution in [1.29, 1.82) is 0 Å². The summed E-state index contributed by atoms with van der Waals surface area (Å²) in [6, 6.07) is 5.90. The number of sulfonamides is 1. The lowest BCUT2D eigenvalue weighted by molar-refractivity contribution is 0.218. The highest BCUT2D eigenvalue weighted by molar-refractivity contribution is 8.07. The predicted molar refractivity (Wildman–Crippen MR) is 104 cm³/mol. The molecule has 0 aliphatic carbocycles. The normalized spacial score (nSPS) is 13.0. The van der Waals surface area contributed by atoms with Crippen LogP contribution in [0.25, 0.3) is 0 Å². The smallest absolute Gasteiger partial charge is 0.380 e. The molecule has 25 heavy (non-hydrogen) atoms. The van der Waals surface area contributed by atoms with Crippen molar-refractivity contribution < 1.29 is 22.0 Å². The number of nitrogens with zero attached hydrogens (tertiary/aromatic N) is 1. The fraction of sp³-hybridized carbons (Fsp3) is 0.625. The maximum atomic E-state index is 12.8. The van der Waals surface area contributed by atoms with Crippen molar-refractivity contribution in [1.82, 2.24) is 4.31 Å². The SMILES string of the molecule is CCOP(=S)(OCC)Oc1ccc(S(=O)(=O)N(C(C)C)C(C)C)cc1. The number of rotatable bonds is 10. The number of benzene rings is 1. The molecule has 0 saturated carbocycles. The molecule has 0 fully saturated rings. The molecule has 0 aromatic heterocycles. The molecule has 1 aromatic rings. The highest BCUT2D eigenvalue weighted by atomic mass is 32.5. The van der Waals surface area contributed by atoms with E-state index >= 15 is 0 Å². The first-order valence-corrected chi connectivity index (χ1v) is 12.3. The van der Waals surface area contributed by atoms with Crippen molar-refractivity contribution in [2.75, 3.05) is 13.2 Å². The van der Waals surface area contributed by atoms with Crippen LogP contribution < -0.4 is 4.52 Å². The van der Waals surface area contributed by atoms with Gasteiger partial charge in [0.1, 0.15) is 5.75 Å². The van der Waals surface area contributed by atoms with Gasteiger partial charge in [-0.1, -0.05) is 0 Å². The lowest BCUT2D eigenvalue weighted by atomic mass is 10.3. The molecule has 0 amide bonds. The minimum absolute atomic E-state index is 0.136. The summed E-state index contributed by atoms with van der Waals surface area (Å²) in [5.74, 6) is 0.421. The lowest BCUT2D eigenvalue weighted by Crippen LogP contribution is -2.41. The van der Waals surface area contributed by atoms with Crippen molar-refractivity contribution >= 4 is 28.5 Å². The summed E-state index contributed by atoms with van der Waals surface area (Å²) in [6.07, 6.45) is 0. The van der Waals surface area contributed by atoms with Crippen LogP contribution in [0.3, 0.4) is 0 Å². The van der Waals surface area contributed by atoms with Crippen LogP contribution in [0.5, 0.6) is 5.75 Å². The molecule has 0 spiro atoms. The van der Waals surface area contributed by atoms with Gasteiger partial charge in [0.05, 0.1) is 18.1 Å². The second kappa shape index (κ2) is 9.44. The highest BCUT2D eigenvalue weighted by Gasteiger charge is 2.29. The molecule has 0 bridgehead atoms. The molecular weight excluding hydrogens is 381 g/mol. The van der Waals surface area contributed by atoms with Gasteiger partial charge in [0.15, 0.2) is 0 Å². The Morgan fingerprint density at radius 1 is 1.00 bits per heavy atom. The third-order valence-corrected chi connectivity index (χ3v) is 7.91. The van der Waals surface area contributed by atoms with Crippen molar-refractivity contribution in [2.45, 2.75) is 58.5 Å². The average molecular weight is 410 g/mol. The molecule has 0 heterocycles. The fourth-order valence-corrected chi connectivity index (χ4v) is 6.40. The Hall–Kier alpha value is -0.500. The first kappa shape index (κ1) is 22.5. The molecule has 0 radical (unpaired) electrons. The molecule has 144 valence electrons. The van der Waals surface area contributed by atoms with Gasteiger partial charge in [-0.15, -0.1) is 0 Å².